The summed E-state index contributed by atoms with van der Waals surface area (Å²) in [7, 11) is 0. The first kappa shape index (κ1) is 14.1. The van der Waals surface area contributed by atoms with E-state index in [2.05, 4.69) is 11.4 Å². The van der Waals surface area contributed by atoms with Crippen molar-refractivity contribution in [3.05, 3.63) is 29.8 Å². The average molecular weight is 272 g/mol. The molecule has 1 saturated carbocycles. The molecule has 1 aliphatic carbocycles. The highest BCUT2D eigenvalue weighted by Crippen LogP contribution is 2.39. The summed E-state index contributed by atoms with van der Waals surface area (Å²) < 4.78 is 0. The van der Waals surface area contributed by atoms with Gasteiger partial charge < -0.3 is 10.4 Å². The van der Waals surface area contributed by atoms with Crippen LogP contribution in [-0.4, -0.2) is 17.0 Å². The normalized spacial score (nSPS) is 20.9. The number of benzene rings is 1. The minimum absolute atomic E-state index is 0.260. The molecule has 0 heterocycles. The fourth-order valence-electron chi connectivity index (χ4n) is 2.03. The maximum absolute atomic E-state index is 11.8. The van der Waals surface area contributed by atoms with Crippen LogP contribution in [0.4, 0.5) is 5.69 Å². The van der Waals surface area contributed by atoms with Gasteiger partial charge in [0, 0.05) is 5.69 Å². The van der Waals surface area contributed by atoms with Crippen LogP contribution in [0.3, 0.4) is 0 Å². The first-order valence-electron chi connectivity index (χ1n) is 6.40. The lowest BCUT2D eigenvalue weighted by Gasteiger charge is -2.16. The van der Waals surface area contributed by atoms with Gasteiger partial charge in [0.2, 0.25) is 5.91 Å². The maximum Gasteiger partial charge on any atom is 0.307 e. The molecule has 5 heteroatoms. The van der Waals surface area contributed by atoms with Crippen LogP contribution in [0.25, 0.3) is 0 Å². The predicted octanol–water partition coefficient (Wildman–Crippen LogP) is 2.15. The molecule has 1 aromatic rings. The number of nitrogens with one attached hydrogen (secondary N) is 1. The Morgan fingerprint density at radius 1 is 1.30 bits per heavy atom. The largest absolute Gasteiger partial charge is 0.481 e. The summed E-state index contributed by atoms with van der Waals surface area (Å²) in [5.41, 5.74) is 0.907. The molecule has 2 N–H and O–H groups in total. The maximum atomic E-state index is 11.8. The molecule has 0 spiro atoms. The lowest BCUT2D eigenvalue weighted by atomic mass is 9.86. The number of rotatable bonds is 4. The van der Waals surface area contributed by atoms with E-state index in [-0.39, 0.29) is 5.91 Å². The highest BCUT2D eigenvalue weighted by molar-refractivity contribution is 5.98. The Morgan fingerprint density at radius 3 is 2.35 bits per heavy atom. The smallest absolute Gasteiger partial charge is 0.307 e. The van der Waals surface area contributed by atoms with Gasteiger partial charge in [0.05, 0.1) is 23.3 Å². The van der Waals surface area contributed by atoms with Crippen LogP contribution < -0.4 is 5.32 Å². The molecule has 5 nitrogen and oxygen atoms in total. The standard InChI is InChI=1S/C15H16N2O3/c1-15(2,8-16)9-3-5-10(6-4-9)17-13(18)11-7-12(11)14(19)20/h3-6,11-12H,7H2,1-2H3,(H,17,18)(H,19,20). The van der Waals surface area contributed by atoms with Crippen LogP contribution in [0.15, 0.2) is 24.3 Å². The zero-order chi connectivity index (χ0) is 14.9. The second-order valence-electron chi connectivity index (χ2n) is 5.59. The molecule has 1 amide bonds. The summed E-state index contributed by atoms with van der Waals surface area (Å²) in [6.07, 6.45) is 0.403. The highest BCUT2D eigenvalue weighted by atomic mass is 16.4. The van der Waals surface area contributed by atoms with Crippen molar-refractivity contribution in [3.8, 4) is 6.07 Å². The number of hydrogen-bond acceptors (Lipinski definition) is 3. The second kappa shape index (κ2) is 4.97. The van der Waals surface area contributed by atoms with Crippen molar-refractivity contribution < 1.29 is 14.7 Å². The molecule has 20 heavy (non-hydrogen) atoms. The van der Waals surface area contributed by atoms with Gasteiger partial charge in [0.1, 0.15) is 0 Å². The summed E-state index contributed by atoms with van der Waals surface area (Å²) in [4.78, 5) is 22.5. The zero-order valence-electron chi connectivity index (χ0n) is 11.4. The van der Waals surface area contributed by atoms with Crippen LogP contribution >= 0.6 is 0 Å². The number of aliphatic carboxylic acids is 1. The SMILES string of the molecule is CC(C)(C#N)c1ccc(NC(=O)C2CC2C(=O)O)cc1. The first-order valence-corrected chi connectivity index (χ1v) is 6.40. The molecule has 104 valence electrons. The molecule has 2 atom stereocenters. The van der Waals surface area contributed by atoms with Gasteiger partial charge in [-0.15, -0.1) is 0 Å². The van der Waals surface area contributed by atoms with Crippen molar-refractivity contribution in [2.45, 2.75) is 25.7 Å². The molecular weight excluding hydrogens is 256 g/mol. The topological polar surface area (TPSA) is 90.2 Å². The van der Waals surface area contributed by atoms with Gasteiger partial charge in [0.15, 0.2) is 0 Å². The quantitative estimate of drug-likeness (QED) is 0.878. The summed E-state index contributed by atoms with van der Waals surface area (Å²) in [5.74, 6) is -2.16. The first-order chi connectivity index (χ1) is 9.35. The van der Waals surface area contributed by atoms with Crippen molar-refractivity contribution in [2.24, 2.45) is 11.8 Å². The van der Waals surface area contributed by atoms with Gasteiger partial charge in [0.25, 0.3) is 0 Å². The number of amides is 1. The number of carboxylic acids is 1. The van der Waals surface area contributed by atoms with Gasteiger partial charge in [-0.25, -0.2) is 0 Å². The summed E-state index contributed by atoms with van der Waals surface area (Å²) in [5, 5.41) is 20.5. The molecule has 1 fully saturated rings. The number of nitrogens with zero attached hydrogens (tertiary/aromatic N) is 1. The second-order valence-corrected chi connectivity index (χ2v) is 5.59. The molecule has 2 rings (SSSR count). The van der Waals surface area contributed by atoms with E-state index in [9.17, 15) is 9.59 Å². The average Bonchev–Trinajstić information content (AvgIpc) is 3.20. The molecule has 0 radical (unpaired) electrons. The number of carbonyl (C=O) groups is 2. The Kier molecular flexibility index (Phi) is 3.49. The van der Waals surface area contributed by atoms with E-state index in [0.717, 1.165) is 5.56 Å². The van der Waals surface area contributed by atoms with E-state index < -0.39 is 23.2 Å². The fourth-order valence-corrected chi connectivity index (χ4v) is 2.03. The van der Waals surface area contributed by atoms with Gasteiger partial charge >= 0.3 is 5.97 Å². The lowest BCUT2D eigenvalue weighted by Crippen LogP contribution is -2.17. The minimum Gasteiger partial charge on any atom is -0.481 e. The van der Waals surface area contributed by atoms with Crippen molar-refractivity contribution in [1.29, 1.82) is 5.26 Å². The van der Waals surface area contributed by atoms with Crippen LogP contribution in [0.2, 0.25) is 0 Å². The monoisotopic (exact) mass is 272 g/mol. The number of anilines is 1. The van der Waals surface area contributed by atoms with Crippen molar-refractivity contribution in [2.75, 3.05) is 5.32 Å². The summed E-state index contributed by atoms with van der Waals surface area (Å²) in [6, 6.07) is 9.25. The minimum atomic E-state index is -0.920. The van der Waals surface area contributed by atoms with E-state index in [1.165, 1.54) is 0 Å². The summed E-state index contributed by atoms with van der Waals surface area (Å²) in [6.45, 7) is 3.64. The van der Waals surface area contributed by atoms with E-state index in [1.54, 1.807) is 24.3 Å². The van der Waals surface area contributed by atoms with E-state index in [4.69, 9.17) is 10.4 Å². The predicted molar refractivity (Wildman–Crippen MR) is 72.9 cm³/mol. The number of hydrogen-bond donors (Lipinski definition) is 2. The number of carboxylic acid groups (broad SMARTS) is 1. The van der Waals surface area contributed by atoms with Gasteiger partial charge in [-0.3, -0.25) is 9.59 Å². The number of carbonyl (C=O) groups excluding carboxylic acids is 1. The Hall–Kier alpha value is -2.35. The van der Waals surface area contributed by atoms with Crippen LogP contribution in [-0.2, 0) is 15.0 Å². The molecular formula is C15H16N2O3. The van der Waals surface area contributed by atoms with Gasteiger partial charge in [-0.2, -0.15) is 5.26 Å². The Labute approximate surface area is 117 Å². The van der Waals surface area contributed by atoms with Crippen molar-refractivity contribution in [3.63, 3.8) is 0 Å². The molecule has 0 bridgehead atoms. The molecule has 0 aliphatic heterocycles. The third-order valence-electron chi connectivity index (χ3n) is 3.60. The third-order valence-corrected chi connectivity index (χ3v) is 3.60. The molecule has 0 aromatic heterocycles. The molecule has 1 aliphatic rings. The third kappa shape index (κ3) is 2.80. The zero-order valence-corrected chi connectivity index (χ0v) is 11.4. The van der Waals surface area contributed by atoms with Gasteiger partial charge in [-0.05, 0) is 38.0 Å². The van der Waals surface area contributed by atoms with Crippen LogP contribution in [0.5, 0.6) is 0 Å². The molecule has 0 saturated heterocycles. The van der Waals surface area contributed by atoms with E-state index in [1.807, 2.05) is 13.8 Å². The van der Waals surface area contributed by atoms with Crippen LogP contribution in [0, 0.1) is 23.2 Å². The van der Waals surface area contributed by atoms with Gasteiger partial charge in [-0.1, -0.05) is 12.1 Å². The summed E-state index contributed by atoms with van der Waals surface area (Å²) >= 11 is 0. The van der Waals surface area contributed by atoms with Crippen LogP contribution in [0.1, 0.15) is 25.8 Å². The Morgan fingerprint density at radius 2 is 1.90 bits per heavy atom. The number of nitriles is 1. The highest BCUT2D eigenvalue weighted by Gasteiger charge is 2.48. The fraction of sp³-hybridized carbons (Fsp3) is 0.400. The van der Waals surface area contributed by atoms with E-state index in [0.29, 0.717) is 12.1 Å². The van der Waals surface area contributed by atoms with Crippen molar-refractivity contribution >= 4 is 17.6 Å². The molecule has 2 unspecified atom stereocenters. The Bertz CT molecular complexity index is 584. The van der Waals surface area contributed by atoms with E-state index >= 15 is 0 Å². The molecule has 1 aromatic carbocycles. The Balaban J connectivity index is 2.00. The lowest BCUT2D eigenvalue weighted by molar-refractivity contribution is -0.139. The van der Waals surface area contributed by atoms with Crippen molar-refractivity contribution in [1.82, 2.24) is 0 Å².